The van der Waals surface area contributed by atoms with Crippen molar-refractivity contribution in [3.05, 3.63) is 238 Å². The van der Waals surface area contributed by atoms with Gasteiger partial charge in [-0.1, -0.05) is 156 Å². The minimum absolute atomic E-state index is 0.533. The van der Waals surface area contributed by atoms with Crippen LogP contribution in [-0.2, 0) is 0 Å². The number of rotatable bonds is 7. The van der Waals surface area contributed by atoms with Crippen LogP contribution in [0.2, 0.25) is 0 Å². The Morgan fingerprint density at radius 1 is 0.297 bits per heavy atom. The molecule has 74 heavy (non-hydrogen) atoms. The zero-order valence-electron chi connectivity index (χ0n) is 43.1. The molecule has 12 aromatic rings. The Morgan fingerprint density at radius 2 is 0.635 bits per heavy atom. The lowest BCUT2D eigenvalue weighted by Crippen LogP contribution is -2.05. The molecule has 0 fully saturated rings. The van der Waals surface area contributed by atoms with Gasteiger partial charge < -0.3 is 9.13 Å². The molecular weight excluding hydrogens is 897 g/mol. The molecule has 4 heteroatoms. The number of fused-ring (bicyclic) bond motifs is 6. The molecule has 0 spiro atoms. The van der Waals surface area contributed by atoms with Crippen molar-refractivity contribution in [2.24, 2.45) is 0 Å². The van der Waals surface area contributed by atoms with Gasteiger partial charge in [0, 0.05) is 21.5 Å². The van der Waals surface area contributed by atoms with Crippen molar-refractivity contribution in [1.29, 1.82) is 10.5 Å². The third-order valence-corrected chi connectivity index (χ3v) is 15.3. The van der Waals surface area contributed by atoms with Crippen LogP contribution >= 0.6 is 0 Å². The van der Waals surface area contributed by atoms with Gasteiger partial charge in [0.1, 0.15) is 11.6 Å². The molecule has 0 saturated carbocycles. The van der Waals surface area contributed by atoms with Gasteiger partial charge in [-0.2, -0.15) is 10.5 Å². The third-order valence-electron chi connectivity index (χ3n) is 15.3. The lowest BCUT2D eigenvalue weighted by Gasteiger charge is -2.19. The topological polar surface area (TPSA) is 57.4 Å². The quantitative estimate of drug-likeness (QED) is 0.160. The zero-order chi connectivity index (χ0) is 51.1. The normalized spacial score (nSPS) is 11.5. The summed E-state index contributed by atoms with van der Waals surface area (Å²) < 4.78 is 4.67. The SMILES string of the molecule is Cc1ccc(-c2ccc3c4ccc(-c5ccc(C)cc5C)cc4n(-c4cc(-c5cccc(C#N)c5)cc(-n5c6cc(-c7ccc(C)cc7C)ccc6c6ccc(-c7ccc(C)cc7C)cc65)c4C#N)c3c2)c(C)c1. The number of hydrogen-bond acceptors (Lipinski definition) is 2. The molecule has 0 radical (unpaired) electrons. The van der Waals surface area contributed by atoms with Gasteiger partial charge in [0.2, 0.25) is 0 Å². The van der Waals surface area contributed by atoms with Gasteiger partial charge in [-0.25, -0.2) is 0 Å². The van der Waals surface area contributed by atoms with Crippen LogP contribution in [-0.4, -0.2) is 9.13 Å². The monoisotopic (exact) mass is 950 g/mol. The molecule has 0 N–H and O–H groups in total. The molecule has 4 nitrogen and oxygen atoms in total. The lowest BCUT2D eigenvalue weighted by molar-refractivity contribution is 1.12. The Hall–Kier alpha value is -9.22. The smallest absolute Gasteiger partial charge is 0.104 e. The first-order valence-corrected chi connectivity index (χ1v) is 25.4. The van der Waals surface area contributed by atoms with E-state index in [0.29, 0.717) is 11.1 Å². The highest BCUT2D eigenvalue weighted by Crippen LogP contribution is 2.44. The Kier molecular flexibility index (Phi) is 11.0. The summed E-state index contributed by atoms with van der Waals surface area (Å²) in [5.41, 5.74) is 27.1. The predicted molar refractivity (Wildman–Crippen MR) is 310 cm³/mol. The highest BCUT2D eigenvalue weighted by Gasteiger charge is 2.25. The highest BCUT2D eigenvalue weighted by molar-refractivity contribution is 6.13. The molecule has 10 aromatic carbocycles. The van der Waals surface area contributed by atoms with Crippen molar-refractivity contribution in [2.75, 3.05) is 0 Å². The summed E-state index contributed by atoms with van der Waals surface area (Å²) >= 11 is 0. The van der Waals surface area contributed by atoms with Crippen molar-refractivity contribution in [1.82, 2.24) is 9.13 Å². The summed E-state index contributed by atoms with van der Waals surface area (Å²) in [6.45, 7) is 17.3. The van der Waals surface area contributed by atoms with Gasteiger partial charge >= 0.3 is 0 Å². The van der Waals surface area contributed by atoms with E-state index in [-0.39, 0.29) is 0 Å². The number of nitriles is 2. The van der Waals surface area contributed by atoms with Gasteiger partial charge in [-0.05, 0) is 182 Å². The number of aryl methyl sites for hydroxylation is 8. The maximum atomic E-state index is 12.1. The second-order valence-corrected chi connectivity index (χ2v) is 20.6. The number of aromatic nitrogens is 2. The van der Waals surface area contributed by atoms with Crippen molar-refractivity contribution < 1.29 is 0 Å². The summed E-state index contributed by atoms with van der Waals surface area (Å²) in [6, 6.07) is 71.2. The Morgan fingerprint density at radius 3 is 0.932 bits per heavy atom. The van der Waals surface area contributed by atoms with Crippen molar-refractivity contribution in [3.63, 3.8) is 0 Å². The van der Waals surface area contributed by atoms with Crippen LogP contribution in [0.15, 0.2) is 182 Å². The van der Waals surface area contributed by atoms with Crippen LogP contribution in [0.4, 0.5) is 0 Å². The maximum Gasteiger partial charge on any atom is 0.104 e. The Labute approximate surface area is 433 Å². The number of nitrogens with zero attached hydrogens (tertiary/aromatic N) is 4. The predicted octanol–water partition coefficient (Wildman–Crippen LogP) is 18.4. The largest absolute Gasteiger partial charge is 0.308 e. The highest BCUT2D eigenvalue weighted by atomic mass is 15.0. The molecule has 354 valence electrons. The van der Waals surface area contributed by atoms with E-state index in [9.17, 15) is 10.5 Å². The van der Waals surface area contributed by atoms with Crippen LogP contribution < -0.4 is 0 Å². The van der Waals surface area contributed by atoms with Crippen molar-refractivity contribution in [3.8, 4) is 79.1 Å². The molecule has 0 bridgehead atoms. The first-order valence-electron chi connectivity index (χ1n) is 25.4. The van der Waals surface area contributed by atoms with Crippen molar-refractivity contribution in [2.45, 2.75) is 55.4 Å². The minimum atomic E-state index is 0.533. The molecular formula is C70H54N4. The van der Waals surface area contributed by atoms with E-state index >= 15 is 0 Å². The molecule has 0 aliphatic heterocycles. The summed E-state index contributed by atoms with van der Waals surface area (Å²) in [5, 5.41) is 26.8. The fourth-order valence-corrected chi connectivity index (χ4v) is 11.8. The second-order valence-electron chi connectivity index (χ2n) is 20.6. The summed E-state index contributed by atoms with van der Waals surface area (Å²) in [7, 11) is 0. The Balaban J connectivity index is 1.24. The average Bonchev–Trinajstić information content (AvgIpc) is 3.89. The van der Waals surface area contributed by atoms with Crippen LogP contribution in [0.5, 0.6) is 0 Å². The van der Waals surface area contributed by atoms with Crippen LogP contribution in [0, 0.1) is 78.1 Å². The van der Waals surface area contributed by atoms with E-state index in [1.807, 2.05) is 18.2 Å². The first kappa shape index (κ1) is 45.9. The second kappa shape index (κ2) is 17.8. The van der Waals surface area contributed by atoms with Gasteiger partial charge in [-0.15, -0.1) is 0 Å². The summed E-state index contributed by atoms with van der Waals surface area (Å²) in [5.74, 6) is 0. The molecule has 0 aliphatic carbocycles. The molecule has 2 aromatic heterocycles. The van der Waals surface area contributed by atoms with Gasteiger partial charge in [0.05, 0.1) is 45.1 Å². The lowest BCUT2D eigenvalue weighted by atomic mass is 9.96. The molecule has 2 heterocycles. The molecule has 12 rings (SSSR count). The fourth-order valence-electron chi connectivity index (χ4n) is 11.8. The summed E-state index contributed by atoms with van der Waals surface area (Å²) in [6.07, 6.45) is 0. The van der Waals surface area contributed by atoms with Crippen LogP contribution in [0.1, 0.15) is 55.6 Å². The van der Waals surface area contributed by atoms with Gasteiger partial charge in [-0.3, -0.25) is 0 Å². The zero-order valence-corrected chi connectivity index (χ0v) is 43.1. The van der Waals surface area contributed by atoms with Crippen LogP contribution in [0.25, 0.3) is 111 Å². The van der Waals surface area contributed by atoms with E-state index in [0.717, 1.165) is 111 Å². The third kappa shape index (κ3) is 7.67. The van der Waals surface area contributed by atoms with E-state index in [2.05, 4.69) is 240 Å². The van der Waals surface area contributed by atoms with Crippen molar-refractivity contribution >= 4 is 43.6 Å². The molecule has 0 saturated heterocycles. The number of benzene rings is 10. The first-order chi connectivity index (χ1) is 35.8. The van der Waals surface area contributed by atoms with E-state index in [1.165, 1.54) is 44.5 Å². The molecule has 0 unspecified atom stereocenters. The Bertz CT molecular complexity index is 3960. The standard InChI is InChI=1S/C70H54N4/c1-41-12-20-56(45(5)28-41)51-16-24-60-61-25-17-52(57-21-13-42(2)29-46(57)6)34-66(61)73(65(60)33-51)69-37-55(50-11-9-10-49(32-50)39-71)38-70(64(69)40-72)74-67-35-53(58-22-14-43(3)30-47(58)7)18-26-62(67)63-27-19-54(36-68(63)74)59-23-15-44(4)31-48(59)8/h9-38H,1-8H3. The molecule has 0 atom stereocenters. The van der Waals surface area contributed by atoms with E-state index < -0.39 is 0 Å². The van der Waals surface area contributed by atoms with Gasteiger partial charge in [0.25, 0.3) is 0 Å². The van der Waals surface area contributed by atoms with E-state index in [1.54, 1.807) is 0 Å². The average molecular weight is 951 g/mol. The maximum absolute atomic E-state index is 12.1. The molecule has 0 aliphatic rings. The van der Waals surface area contributed by atoms with E-state index in [4.69, 9.17) is 0 Å². The molecule has 0 amide bonds. The summed E-state index contributed by atoms with van der Waals surface area (Å²) in [4.78, 5) is 0. The minimum Gasteiger partial charge on any atom is -0.308 e. The van der Waals surface area contributed by atoms with Gasteiger partial charge in [0.15, 0.2) is 0 Å². The number of hydrogen-bond donors (Lipinski definition) is 0. The fraction of sp³-hybridized carbons (Fsp3) is 0.114. The van der Waals surface area contributed by atoms with Crippen LogP contribution in [0.3, 0.4) is 0 Å².